The Morgan fingerprint density at radius 2 is 1.97 bits per heavy atom. The van der Waals surface area contributed by atoms with Gasteiger partial charge in [-0.3, -0.25) is 14.9 Å². The van der Waals surface area contributed by atoms with Gasteiger partial charge in [0.2, 0.25) is 11.9 Å². The van der Waals surface area contributed by atoms with E-state index in [9.17, 15) is 22.8 Å². The molecule has 0 aliphatic heterocycles. The van der Waals surface area contributed by atoms with E-state index in [1.807, 2.05) is 4.57 Å². The molecule has 36 heavy (non-hydrogen) atoms. The van der Waals surface area contributed by atoms with Crippen LogP contribution in [0.4, 0.5) is 24.8 Å². The molecule has 11 heteroatoms. The first-order chi connectivity index (χ1) is 17.2. The van der Waals surface area contributed by atoms with E-state index in [1.54, 1.807) is 36.0 Å². The molecule has 2 amide bonds. The topological polar surface area (TPSA) is 88.9 Å². The number of hydrogen-bond acceptors (Lipinski definition) is 5. The first kappa shape index (κ1) is 24.0. The average Bonchev–Trinajstić information content (AvgIpc) is 3.37. The van der Waals surface area contributed by atoms with Gasteiger partial charge in [-0.25, -0.2) is 9.97 Å². The molecule has 2 N–H and O–H groups in total. The molecule has 1 atom stereocenters. The Balaban J connectivity index is 1.41. The highest BCUT2D eigenvalue weighted by molar-refractivity contribution is 7.07. The van der Waals surface area contributed by atoms with E-state index in [1.165, 1.54) is 23.5 Å². The zero-order valence-corrected chi connectivity index (χ0v) is 20.0. The Morgan fingerprint density at radius 3 is 2.67 bits per heavy atom. The van der Waals surface area contributed by atoms with Crippen molar-refractivity contribution in [3.8, 4) is 0 Å². The molecule has 1 fully saturated rings. The number of fused-ring (bicyclic) bond motifs is 1. The largest absolute Gasteiger partial charge is 0.416 e. The van der Waals surface area contributed by atoms with Crippen molar-refractivity contribution >= 4 is 45.8 Å². The molecule has 1 unspecified atom stereocenters. The highest BCUT2D eigenvalue weighted by Gasteiger charge is 2.31. The molecule has 4 aromatic rings. The van der Waals surface area contributed by atoms with Gasteiger partial charge in [-0.15, -0.1) is 11.3 Å². The lowest BCUT2D eigenvalue weighted by atomic mass is 9.98. The van der Waals surface area contributed by atoms with E-state index < -0.39 is 23.6 Å². The van der Waals surface area contributed by atoms with Crippen LogP contribution in [0, 0.1) is 5.92 Å². The van der Waals surface area contributed by atoms with Crippen LogP contribution in [0.5, 0.6) is 0 Å². The summed E-state index contributed by atoms with van der Waals surface area (Å²) in [6.45, 7) is 2.19. The van der Waals surface area contributed by atoms with Crippen LogP contribution in [0.1, 0.15) is 47.3 Å². The summed E-state index contributed by atoms with van der Waals surface area (Å²) in [6.07, 6.45) is -2.36. The monoisotopic (exact) mass is 513 g/mol. The number of nitrogens with one attached hydrogen (secondary N) is 2. The maximum absolute atomic E-state index is 13.1. The lowest BCUT2D eigenvalue weighted by Gasteiger charge is -2.15. The number of carbonyl (C=O) groups excluding carboxylic acids is 2. The standard InChI is InChI=1S/C25H22F3N5O2S/c1-14(16-3-2-4-17(9-16)25(26,27)28)22(34)32-24-31-19-8-7-18(30-23(35)20-12-36-13-29-20)10-21(19)33(24)11-15-5-6-15/h2-4,7-10,12-15H,5-6,11H2,1H3,(H,30,35)(H,31,32,34). The molecule has 1 saturated carbocycles. The molecule has 1 aliphatic rings. The van der Waals surface area contributed by atoms with Crippen LogP contribution >= 0.6 is 11.3 Å². The van der Waals surface area contributed by atoms with Gasteiger partial charge < -0.3 is 9.88 Å². The van der Waals surface area contributed by atoms with Crippen LogP contribution in [0.2, 0.25) is 0 Å². The molecule has 0 spiro atoms. The van der Waals surface area contributed by atoms with Crippen molar-refractivity contribution in [2.75, 3.05) is 10.6 Å². The Morgan fingerprint density at radius 1 is 1.17 bits per heavy atom. The maximum atomic E-state index is 13.1. The highest BCUT2D eigenvalue weighted by Crippen LogP contribution is 2.35. The third kappa shape index (κ3) is 5.11. The van der Waals surface area contributed by atoms with Crippen LogP contribution in [0.25, 0.3) is 11.0 Å². The quantitative estimate of drug-likeness (QED) is 0.321. The second-order valence-corrected chi connectivity index (χ2v) is 9.57. The minimum absolute atomic E-state index is 0.263. The number of benzene rings is 2. The van der Waals surface area contributed by atoms with Gasteiger partial charge in [0.15, 0.2) is 0 Å². The number of imidazole rings is 1. The number of alkyl halides is 3. The molecule has 2 heterocycles. The van der Waals surface area contributed by atoms with Gasteiger partial charge in [0, 0.05) is 17.6 Å². The predicted molar refractivity (Wildman–Crippen MR) is 131 cm³/mol. The molecule has 186 valence electrons. The van der Waals surface area contributed by atoms with Gasteiger partial charge >= 0.3 is 6.18 Å². The zero-order valence-electron chi connectivity index (χ0n) is 19.2. The van der Waals surface area contributed by atoms with E-state index in [-0.39, 0.29) is 11.5 Å². The third-order valence-corrected chi connectivity index (χ3v) is 6.74. The first-order valence-electron chi connectivity index (χ1n) is 11.4. The van der Waals surface area contributed by atoms with E-state index in [0.29, 0.717) is 35.3 Å². The number of amides is 2. The van der Waals surface area contributed by atoms with E-state index in [4.69, 9.17) is 0 Å². The summed E-state index contributed by atoms with van der Waals surface area (Å²) in [5, 5.41) is 7.29. The fourth-order valence-electron chi connectivity index (χ4n) is 3.91. The minimum Gasteiger partial charge on any atom is -0.321 e. The number of thiazole rings is 1. The lowest BCUT2D eigenvalue weighted by molar-refractivity contribution is -0.137. The van der Waals surface area contributed by atoms with Crippen LogP contribution in [-0.2, 0) is 17.5 Å². The summed E-state index contributed by atoms with van der Waals surface area (Å²) in [4.78, 5) is 34.0. The van der Waals surface area contributed by atoms with Crippen LogP contribution < -0.4 is 10.6 Å². The number of hydrogen-bond donors (Lipinski definition) is 2. The van der Waals surface area contributed by atoms with Crippen LogP contribution in [0.3, 0.4) is 0 Å². The molecular formula is C25H22F3N5O2S. The second-order valence-electron chi connectivity index (χ2n) is 8.85. The summed E-state index contributed by atoms with van der Waals surface area (Å²) < 4.78 is 41.3. The van der Waals surface area contributed by atoms with Gasteiger partial charge in [0.25, 0.3) is 5.91 Å². The maximum Gasteiger partial charge on any atom is 0.416 e. The summed E-state index contributed by atoms with van der Waals surface area (Å²) in [5.41, 5.74) is 3.30. The van der Waals surface area contributed by atoms with Gasteiger partial charge in [0.05, 0.1) is 28.0 Å². The van der Waals surface area contributed by atoms with Crippen LogP contribution in [0.15, 0.2) is 53.4 Å². The number of halogens is 3. The number of nitrogens with zero attached hydrogens (tertiary/aromatic N) is 3. The van der Waals surface area contributed by atoms with Crippen LogP contribution in [-0.4, -0.2) is 26.3 Å². The van der Waals surface area contributed by atoms with Crippen molar-refractivity contribution in [2.45, 2.75) is 38.4 Å². The van der Waals surface area contributed by atoms with Gasteiger partial charge in [-0.05, 0) is 55.5 Å². The van der Waals surface area contributed by atoms with E-state index >= 15 is 0 Å². The second kappa shape index (κ2) is 9.38. The molecule has 1 aliphatic carbocycles. The smallest absolute Gasteiger partial charge is 0.321 e. The van der Waals surface area contributed by atoms with E-state index in [0.717, 1.165) is 30.5 Å². The lowest BCUT2D eigenvalue weighted by Crippen LogP contribution is -2.22. The number of rotatable bonds is 7. The minimum atomic E-state index is -4.49. The Kier molecular flexibility index (Phi) is 6.25. The van der Waals surface area contributed by atoms with Crippen molar-refractivity contribution in [3.63, 3.8) is 0 Å². The molecule has 2 aromatic heterocycles. The average molecular weight is 514 g/mol. The molecule has 0 radical (unpaired) electrons. The van der Waals surface area contributed by atoms with Crippen molar-refractivity contribution < 1.29 is 22.8 Å². The molecule has 0 saturated heterocycles. The molecule has 0 bridgehead atoms. The molecular weight excluding hydrogens is 491 g/mol. The fraction of sp³-hybridized carbons (Fsp3) is 0.280. The zero-order chi connectivity index (χ0) is 25.4. The summed E-state index contributed by atoms with van der Waals surface area (Å²) >= 11 is 1.33. The molecule has 7 nitrogen and oxygen atoms in total. The van der Waals surface area contributed by atoms with Gasteiger partial charge in [-0.2, -0.15) is 13.2 Å². The van der Waals surface area contributed by atoms with Crippen molar-refractivity contribution in [1.29, 1.82) is 0 Å². The Labute approximate surface area is 208 Å². The van der Waals surface area contributed by atoms with E-state index in [2.05, 4.69) is 20.6 Å². The number of anilines is 2. The first-order valence-corrected chi connectivity index (χ1v) is 12.3. The summed E-state index contributed by atoms with van der Waals surface area (Å²) in [6, 6.07) is 10.0. The van der Waals surface area contributed by atoms with Crippen molar-refractivity contribution in [1.82, 2.24) is 14.5 Å². The Bertz CT molecular complexity index is 1430. The normalized spacial score (nSPS) is 14.6. The van der Waals surface area contributed by atoms with Gasteiger partial charge in [-0.1, -0.05) is 18.2 Å². The Hall–Kier alpha value is -3.73. The SMILES string of the molecule is CC(C(=O)Nc1nc2ccc(NC(=O)c3cscn3)cc2n1CC1CC1)c1cccc(C(F)(F)F)c1. The highest BCUT2D eigenvalue weighted by atomic mass is 32.1. The molecule has 5 rings (SSSR count). The fourth-order valence-corrected chi connectivity index (χ4v) is 4.45. The van der Waals surface area contributed by atoms with Crippen molar-refractivity contribution in [2.24, 2.45) is 5.92 Å². The third-order valence-electron chi connectivity index (χ3n) is 6.15. The number of carbonyl (C=O) groups is 2. The van der Waals surface area contributed by atoms with Crippen molar-refractivity contribution in [3.05, 3.63) is 70.2 Å². The molecule has 2 aromatic carbocycles. The number of aromatic nitrogens is 3. The van der Waals surface area contributed by atoms with Gasteiger partial charge in [0.1, 0.15) is 5.69 Å². The summed E-state index contributed by atoms with van der Waals surface area (Å²) in [7, 11) is 0. The predicted octanol–water partition coefficient (Wildman–Crippen LogP) is 5.92. The summed E-state index contributed by atoms with van der Waals surface area (Å²) in [5.74, 6) is -0.837.